The van der Waals surface area contributed by atoms with E-state index in [1.165, 1.54) is 27.8 Å². The minimum absolute atomic E-state index is 0.0218. The predicted octanol–water partition coefficient (Wildman–Crippen LogP) is 7.76. The van der Waals surface area contributed by atoms with E-state index in [0.29, 0.717) is 0 Å². The van der Waals surface area contributed by atoms with Crippen LogP contribution in [0.5, 0.6) is 0 Å². The van der Waals surface area contributed by atoms with Gasteiger partial charge in [-0.25, -0.2) is 0 Å². The maximum atomic E-state index is 2.54. The van der Waals surface area contributed by atoms with Crippen LogP contribution < -0.4 is 0 Å². The Morgan fingerprint density at radius 3 is 2.37 bits per heavy atom. The van der Waals surface area contributed by atoms with Crippen molar-refractivity contribution in [2.75, 3.05) is 0 Å². The topological polar surface area (TPSA) is 0 Å². The number of fused-ring (bicyclic) bond motifs is 3. The monoisotopic (exact) mass is 356 g/mol. The highest BCUT2D eigenvalue weighted by Crippen LogP contribution is 2.61. The maximum absolute atomic E-state index is 2.54. The number of rotatable bonds is 2. The smallest absolute Gasteiger partial charge is 0.0227 e. The number of benzene rings is 1. The van der Waals surface area contributed by atoms with Crippen molar-refractivity contribution in [1.82, 2.24) is 0 Å². The van der Waals surface area contributed by atoms with E-state index in [4.69, 9.17) is 0 Å². The summed E-state index contributed by atoms with van der Waals surface area (Å²) in [5, 5.41) is 0. The van der Waals surface area contributed by atoms with E-state index in [-0.39, 0.29) is 16.2 Å². The fraction of sp³-hybridized carbons (Fsp3) is 0.407. The van der Waals surface area contributed by atoms with E-state index in [9.17, 15) is 0 Å². The molecular weight excluding hydrogens is 324 g/mol. The molecule has 1 atom stereocenters. The molecule has 3 aliphatic rings. The third-order valence-electron chi connectivity index (χ3n) is 6.58. The van der Waals surface area contributed by atoms with Crippen molar-refractivity contribution < 1.29 is 0 Å². The number of hydrogen-bond donors (Lipinski definition) is 0. The van der Waals surface area contributed by atoms with E-state index in [0.717, 1.165) is 12.8 Å². The lowest BCUT2D eigenvalue weighted by Gasteiger charge is -2.48. The van der Waals surface area contributed by atoms with Crippen molar-refractivity contribution >= 4 is 11.6 Å². The molecule has 0 N–H and O–H groups in total. The van der Waals surface area contributed by atoms with E-state index >= 15 is 0 Å². The Kier molecular flexibility index (Phi) is 4.04. The van der Waals surface area contributed by atoms with Crippen molar-refractivity contribution in [2.24, 2.45) is 16.2 Å². The van der Waals surface area contributed by atoms with Crippen molar-refractivity contribution in [3.05, 3.63) is 82.5 Å². The van der Waals surface area contributed by atoms with Gasteiger partial charge in [0, 0.05) is 5.41 Å². The van der Waals surface area contributed by atoms with Crippen molar-refractivity contribution in [2.45, 2.75) is 54.4 Å². The van der Waals surface area contributed by atoms with Gasteiger partial charge in [0.05, 0.1) is 0 Å². The summed E-state index contributed by atoms with van der Waals surface area (Å²) in [7, 11) is 0. The second kappa shape index (κ2) is 5.96. The molecule has 1 aromatic carbocycles. The van der Waals surface area contributed by atoms with E-state index in [2.05, 4.69) is 102 Å². The molecule has 140 valence electrons. The third kappa shape index (κ3) is 2.81. The van der Waals surface area contributed by atoms with Crippen LogP contribution in [0.1, 0.15) is 65.5 Å². The molecule has 1 aromatic rings. The average Bonchev–Trinajstić information content (AvgIpc) is 3.20. The molecular formula is C27H32. The third-order valence-corrected chi connectivity index (χ3v) is 6.58. The summed E-state index contributed by atoms with van der Waals surface area (Å²) in [4.78, 5) is 0. The van der Waals surface area contributed by atoms with Gasteiger partial charge < -0.3 is 0 Å². The molecule has 0 heterocycles. The predicted molar refractivity (Wildman–Crippen MR) is 118 cm³/mol. The molecule has 4 rings (SSSR count). The molecule has 0 nitrogen and oxygen atoms in total. The lowest BCUT2D eigenvalue weighted by molar-refractivity contribution is 0.193. The molecule has 0 spiro atoms. The van der Waals surface area contributed by atoms with E-state index < -0.39 is 0 Å². The summed E-state index contributed by atoms with van der Waals surface area (Å²) in [6.45, 7) is 14.2. The highest BCUT2D eigenvalue weighted by Gasteiger charge is 2.48. The lowest BCUT2D eigenvalue weighted by atomic mass is 9.55. The fourth-order valence-electron chi connectivity index (χ4n) is 4.94. The van der Waals surface area contributed by atoms with Gasteiger partial charge in [0.15, 0.2) is 0 Å². The Morgan fingerprint density at radius 2 is 1.74 bits per heavy atom. The zero-order chi connectivity index (χ0) is 19.4. The largest absolute Gasteiger partial charge is 0.0805 e. The lowest BCUT2D eigenvalue weighted by Crippen LogP contribution is -2.38. The molecule has 0 fully saturated rings. The first-order valence-corrected chi connectivity index (χ1v) is 10.2. The van der Waals surface area contributed by atoms with E-state index in [1.54, 1.807) is 5.57 Å². The first-order chi connectivity index (χ1) is 12.6. The Labute approximate surface area is 165 Å². The van der Waals surface area contributed by atoms with Gasteiger partial charge in [-0.1, -0.05) is 102 Å². The molecule has 27 heavy (non-hydrogen) atoms. The molecule has 1 unspecified atom stereocenters. The normalized spacial score (nSPS) is 24.1. The van der Waals surface area contributed by atoms with E-state index in [1.807, 2.05) is 0 Å². The second-order valence-corrected chi connectivity index (χ2v) is 10.4. The molecule has 0 heteroatoms. The molecule has 0 aromatic heterocycles. The van der Waals surface area contributed by atoms with Crippen LogP contribution in [0.15, 0.2) is 71.4 Å². The molecule has 0 bridgehead atoms. The van der Waals surface area contributed by atoms with Crippen LogP contribution in [-0.2, 0) is 0 Å². The van der Waals surface area contributed by atoms with Crippen LogP contribution in [0.4, 0.5) is 0 Å². The molecule has 0 saturated carbocycles. The van der Waals surface area contributed by atoms with Crippen LogP contribution >= 0.6 is 0 Å². The minimum Gasteiger partial charge on any atom is -0.0805 e. The quantitative estimate of drug-likeness (QED) is 0.508. The summed E-state index contributed by atoms with van der Waals surface area (Å²) in [6, 6.07) is 8.93. The van der Waals surface area contributed by atoms with Gasteiger partial charge in [0.1, 0.15) is 0 Å². The van der Waals surface area contributed by atoms with Crippen molar-refractivity contribution in [1.29, 1.82) is 0 Å². The van der Waals surface area contributed by atoms with Gasteiger partial charge in [0.25, 0.3) is 0 Å². The molecule has 0 amide bonds. The highest BCUT2D eigenvalue weighted by molar-refractivity contribution is 5.99. The van der Waals surface area contributed by atoms with Crippen LogP contribution in [0.2, 0.25) is 0 Å². The van der Waals surface area contributed by atoms with Crippen LogP contribution in [-0.4, -0.2) is 0 Å². The average molecular weight is 357 g/mol. The Bertz CT molecular complexity index is 929. The van der Waals surface area contributed by atoms with Gasteiger partial charge in [-0.05, 0) is 57.6 Å². The van der Waals surface area contributed by atoms with Gasteiger partial charge in [-0.3, -0.25) is 0 Å². The van der Waals surface area contributed by atoms with Crippen molar-refractivity contribution in [3.8, 4) is 0 Å². The van der Waals surface area contributed by atoms with Gasteiger partial charge in [0.2, 0.25) is 0 Å². The summed E-state index contributed by atoms with van der Waals surface area (Å²) >= 11 is 0. The Morgan fingerprint density at radius 1 is 1.00 bits per heavy atom. The van der Waals surface area contributed by atoms with Gasteiger partial charge in [-0.2, -0.15) is 0 Å². The number of hydrogen-bond acceptors (Lipinski definition) is 0. The second-order valence-electron chi connectivity index (χ2n) is 10.4. The molecule has 0 aliphatic heterocycles. The van der Waals surface area contributed by atoms with Crippen molar-refractivity contribution in [3.63, 3.8) is 0 Å². The maximum Gasteiger partial charge on any atom is 0.0227 e. The Balaban J connectivity index is 1.95. The first-order valence-electron chi connectivity index (χ1n) is 10.2. The summed E-state index contributed by atoms with van der Waals surface area (Å²) in [6.07, 6.45) is 16.5. The molecule has 0 radical (unpaired) electrons. The first kappa shape index (κ1) is 18.3. The molecule has 0 saturated heterocycles. The SMILES string of the molecule is CC(C)(C)C1=C2C(=Cc3ccccc32)C(CC2=CC=CC2)(C(C)(C)C)C=C1. The minimum atomic E-state index is 0.0218. The summed E-state index contributed by atoms with van der Waals surface area (Å²) < 4.78 is 0. The van der Waals surface area contributed by atoms with Gasteiger partial charge >= 0.3 is 0 Å². The highest BCUT2D eigenvalue weighted by atomic mass is 14.5. The van der Waals surface area contributed by atoms with Gasteiger partial charge in [-0.15, -0.1) is 0 Å². The zero-order valence-electron chi connectivity index (χ0n) is 17.7. The zero-order valence-corrected chi connectivity index (χ0v) is 17.7. The molecule has 3 aliphatic carbocycles. The number of allylic oxidation sites excluding steroid dienone is 9. The standard InChI is InChI=1S/C27H32/c1-25(2,3)22-15-16-27(26(4,5)6,18-19-11-7-8-12-19)23-17-20-13-9-10-14-21(20)24(22)23/h7-11,13-17H,12,18H2,1-6H3. The Hall–Kier alpha value is -2.08. The summed E-state index contributed by atoms with van der Waals surface area (Å²) in [5.41, 5.74) is 9.10. The fourth-order valence-corrected chi connectivity index (χ4v) is 4.94. The van der Waals surface area contributed by atoms with Crippen LogP contribution in [0.25, 0.3) is 11.6 Å². The van der Waals surface area contributed by atoms with Crippen LogP contribution in [0.3, 0.4) is 0 Å². The summed E-state index contributed by atoms with van der Waals surface area (Å²) in [5.74, 6) is 0. The van der Waals surface area contributed by atoms with Crippen LogP contribution in [0, 0.1) is 16.2 Å².